The molecule has 0 bridgehead atoms. The molecule has 2 aliphatic heterocycles. The number of amides is 3. The second-order valence-corrected chi connectivity index (χ2v) is 13.3. The molecule has 214 valence electrons. The van der Waals surface area contributed by atoms with E-state index in [1.165, 1.54) is 40.9 Å². The summed E-state index contributed by atoms with van der Waals surface area (Å²) in [7, 11) is -3.84. The molecule has 0 aliphatic carbocycles. The average molecular weight is 623 g/mol. The van der Waals surface area contributed by atoms with Crippen molar-refractivity contribution in [2.75, 3.05) is 16.8 Å². The van der Waals surface area contributed by atoms with Gasteiger partial charge in [-0.3, -0.25) is 19.2 Å². The summed E-state index contributed by atoms with van der Waals surface area (Å²) in [5.41, 5.74) is 1.60. The molecule has 11 nitrogen and oxygen atoms in total. The maximum atomic E-state index is 13.7. The number of aromatic amines is 1. The molecule has 3 aromatic carbocycles. The van der Waals surface area contributed by atoms with Crippen LogP contribution in [0.2, 0.25) is 0 Å². The van der Waals surface area contributed by atoms with Gasteiger partial charge >= 0.3 is 4.87 Å². The van der Waals surface area contributed by atoms with Crippen LogP contribution in [0, 0.1) is 5.92 Å². The van der Waals surface area contributed by atoms with Crippen molar-refractivity contribution < 1.29 is 27.5 Å². The van der Waals surface area contributed by atoms with E-state index >= 15 is 0 Å². The van der Waals surface area contributed by atoms with Gasteiger partial charge in [0.25, 0.3) is 5.91 Å². The fraction of sp³-hybridized carbons (Fsp3) is 0.143. The second-order valence-electron chi connectivity index (χ2n) is 9.57. The lowest BCUT2D eigenvalue weighted by atomic mass is 9.83. The number of rotatable bonds is 7. The van der Waals surface area contributed by atoms with Crippen LogP contribution >= 0.6 is 23.1 Å². The van der Waals surface area contributed by atoms with E-state index in [1.54, 1.807) is 48.5 Å². The minimum absolute atomic E-state index is 0.0739. The van der Waals surface area contributed by atoms with E-state index < -0.39 is 33.0 Å². The quantitative estimate of drug-likeness (QED) is 0.264. The molecule has 0 saturated carbocycles. The number of thioether (sulfide) groups is 1. The summed E-state index contributed by atoms with van der Waals surface area (Å²) in [6, 6.07) is 21.0. The maximum absolute atomic E-state index is 13.7. The van der Waals surface area contributed by atoms with Crippen LogP contribution in [0.15, 0.2) is 93.6 Å². The number of hydrogen-bond donors (Lipinski definition) is 3. The fourth-order valence-electron chi connectivity index (χ4n) is 5.05. The van der Waals surface area contributed by atoms with E-state index in [4.69, 9.17) is 9.88 Å². The molecule has 3 amide bonds. The van der Waals surface area contributed by atoms with Gasteiger partial charge in [0.1, 0.15) is 11.0 Å². The van der Waals surface area contributed by atoms with E-state index in [-0.39, 0.29) is 28.2 Å². The Labute approximate surface area is 247 Å². The van der Waals surface area contributed by atoms with Crippen LogP contribution in [0.25, 0.3) is 0 Å². The number of para-hydroxylation sites is 1. The van der Waals surface area contributed by atoms with Crippen LogP contribution in [-0.4, -0.2) is 43.0 Å². The zero-order valence-corrected chi connectivity index (χ0v) is 24.0. The van der Waals surface area contributed by atoms with Crippen molar-refractivity contribution in [3.8, 4) is 5.75 Å². The summed E-state index contributed by atoms with van der Waals surface area (Å²) in [6.07, 6.45) is 0. The van der Waals surface area contributed by atoms with E-state index in [1.807, 2.05) is 6.07 Å². The maximum Gasteiger partial charge on any atom is 0.305 e. The van der Waals surface area contributed by atoms with Crippen LogP contribution in [-0.2, 0) is 24.4 Å². The lowest BCUT2D eigenvalue weighted by molar-refractivity contribution is -0.122. The van der Waals surface area contributed by atoms with Crippen LogP contribution in [0.4, 0.5) is 11.4 Å². The Morgan fingerprint density at radius 2 is 1.64 bits per heavy atom. The van der Waals surface area contributed by atoms with Gasteiger partial charge in [-0.1, -0.05) is 53.4 Å². The number of imide groups is 1. The molecule has 1 aromatic heterocycles. The third kappa shape index (κ3) is 5.25. The molecule has 14 heteroatoms. The van der Waals surface area contributed by atoms with E-state index in [2.05, 4.69) is 10.3 Å². The highest BCUT2D eigenvalue weighted by Crippen LogP contribution is 2.53. The third-order valence-electron chi connectivity index (χ3n) is 6.91. The number of nitrogens with zero attached hydrogens (tertiary/aromatic N) is 1. The number of H-pyrrole nitrogens is 1. The predicted molar refractivity (Wildman–Crippen MR) is 157 cm³/mol. The normalized spacial score (nSPS) is 19.7. The molecule has 3 atom stereocenters. The van der Waals surface area contributed by atoms with Crippen LogP contribution < -0.4 is 25.0 Å². The van der Waals surface area contributed by atoms with E-state index in [0.29, 0.717) is 27.0 Å². The molecule has 1 fully saturated rings. The number of hydrogen-bond acceptors (Lipinski definition) is 9. The van der Waals surface area contributed by atoms with Gasteiger partial charge in [0.15, 0.2) is 6.61 Å². The van der Waals surface area contributed by atoms with Crippen molar-refractivity contribution >= 4 is 62.2 Å². The Bertz CT molecular complexity index is 1850. The van der Waals surface area contributed by atoms with E-state index in [0.717, 1.165) is 16.9 Å². The number of nitrogens with two attached hydrogens (primary N) is 1. The standard InChI is InChI=1S/C28H22N4O7S3/c29-42(37,38)19-12-8-16(9-13-19)30-20(33)14-39-18-10-6-15(7-11-18)21-22-24(40-25-23(21)41-28(36)31-25)27(35)32(26(22)34)17-4-2-1-3-5-17/h1-13,21-22,24H,14H2,(H,30,33)(H,31,36)(H2,29,37,38). The number of benzene rings is 3. The summed E-state index contributed by atoms with van der Waals surface area (Å²) >= 11 is 2.24. The number of carbonyl (C=O) groups excluding carboxylic acids is 3. The number of primary sulfonamides is 1. The minimum Gasteiger partial charge on any atom is -0.484 e. The summed E-state index contributed by atoms with van der Waals surface area (Å²) in [6.45, 7) is -0.316. The molecule has 0 spiro atoms. The van der Waals surface area contributed by atoms with Gasteiger partial charge < -0.3 is 15.0 Å². The van der Waals surface area contributed by atoms with E-state index in [9.17, 15) is 27.6 Å². The van der Waals surface area contributed by atoms with Crippen molar-refractivity contribution in [1.82, 2.24) is 4.98 Å². The van der Waals surface area contributed by atoms with Crippen LogP contribution in [0.3, 0.4) is 0 Å². The van der Waals surface area contributed by atoms with Gasteiger partial charge in [-0.2, -0.15) is 0 Å². The Hall–Kier alpha value is -4.24. The van der Waals surface area contributed by atoms with Crippen molar-refractivity contribution in [2.45, 2.75) is 21.1 Å². The molecular weight excluding hydrogens is 601 g/mol. The largest absolute Gasteiger partial charge is 0.484 e. The fourth-order valence-corrected chi connectivity index (χ4v) is 8.08. The van der Waals surface area contributed by atoms with Gasteiger partial charge in [0.05, 0.1) is 21.5 Å². The van der Waals surface area contributed by atoms with Gasteiger partial charge in [-0.05, 0) is 54.1 Å². The monoisotopic (exact) mass is 622 g/mol. The number of fused-ring (bicyclic) bond motifs is 2. The Morgan fingerprint density at radius 3 is 2.31 bits per heavy atom. The first kappa shape index (κ1) is 27.9. The first-order valence-corrected chi connectivity index (χ1v) is 15.8. The first-order valence-electron chi connectivity index (χ1n) is 12.6. The van der Waals surface area contributed by atoms with Crippen LogP contribution in [0.5, 0.6) is 5.75 Å². The van der Waals surface area contributed by atoms with Crippen molar-refractivity contribution in [2.24, 2.45) is 11.1 Å². The zero-order valence-electron chi connectivity index (χ0n) is 21.6. The van der Waals surface area contributed by atoms with Gasteiger partial charge in [-0.25, -0.2) is 18.5 Å². The molecule has 6 rings (SSSR count). The van der Waals surface area contributed by atoms with Gasteiger partial charge in [-0.15, -0.1) is 0 Å². The number of ether oxygens (including phenoxy) is 1. The first-order chi connectivity index (χ1) is 20.1. The molecule has 4 N–H and O–H groups in total. The predicted octanol–water partition coefficient (Wildman–Crippen LogP) is 2.90. The van der Waals surface area contributed by atoms with Crippen molar-refractivity contribution in [1.29, 1.82) is 0 Å². The second kappa shape index (κ2) is 10.9. The number of anilines is 2. The molecular formula is C28H22N4O7S3. The SMILES string of the molecule is NS(=O)(=O)c1ccc(NC(=O)COc2ccc(C3c4sc(=O)[nH]c4SC4C(=O)N(c5ccccc5)C(=O)C43)cc2)cc1. The van der Waals surface area contributed by atoms with Crippen molar-refractivity contribution in [3.63, 3.8) is 0 Å². The highest BCUT2D eigenvalue weighted by Gasteiger charge is 2.56. The number of sulfonamides is 1. The number of nitrogens with one attached hydrogen (secondary N) is 2. The van der Waals surface area contributed by atoms with Gasteiger partial charge in [0.2, 0.25) is 21.8 Å². The number of thiazole rings is 1. The molecule has 3 unspecified atom stereocenters. The topological polar surface area (TPSA) is 169 Å². The summed E-state index contributed by atoms with van der Waals surface area (Å²) in [4.78, 5) is 56.2. The molecule has 1 saturated heterocycles. The average Bonchev–Trinajstić information content (AvgIpc) is 3.46. The summed E-state index contributed by atoms with van der Waals surface area (Å²) < 4.78 is 28.4. The molecule has 3 heterocycles. The third-order valence-corrected chi connectivity index (χ3v) is 10.2. The molecule has 4 aromatic rings. The Kier molecular flexibility index (Phi) is 7.22. The summed E-state index contributed by atoms with van der Waals surface area (Å²) in [5.74, 6) is -1.96. The Balaban J connectivity index is 1.19. The molecule has 0 radical (unpaired) electrons. The van der Waals surface area contributed by atoms with Crippen molar-refractivity contribution in [3.05, 3.63) is 99.0 Å². The lowest BCUT2D eigenvalue weighted by Gasteiger charge is -2.29. The highest BCUT2D eigenvalue weighted by molar-refractivity contribution is 8.00. The summed E-state index contributed by atoms with van der Waals surface area (Å²) in [5, 5.41) is 7.59. The van der Waals surface area contributed by atoms with Gasteiger partial charge in [0, 0.05) is 16.5 Å². The highest BCUT2D eigenvalue weighted by atomic mass is 32.2. The molecule has 42 heavy (non-hydrogen) atoms. The lowest BCUT2D eigenvalue weighted by Crippen LogP contribution is -2.32. The Morgan fingerprint density at radius 1 is 0.952 bits per heavy atom. The molecule has 2 aliphatic rings. The smallest absolute Gasteiger partial charge is 0.305 e. The number of aromatic nitrogens is 1. The minimum atomic E-state index is -3.84. The number of carbonyl (C=O) groups is 3. The zero-order chi connectivity index (χ0) is 29.6. The van der Waals surface area contributed by atoms with Crippen LogP contribution in [0.1, 0.15) is 16.4 Å².